The molecule has 0 atom stereocenters. The lowest BCUT2D eigenvalue weighted by atomic mass is 9.95. The number of halogens is 3. The minimum absolute atomic E-state index is 0.252. The number of aromatic nitrogens is 3. The van der Waals surface area contributed by atoms with Crippen molar-refractivity contribution in [1.29, 1.82) is 0 Å². The molecule has 4 rings (SSSR count). The molecule has 2 aromatic heterocycles. The van der Waals surface area contributed by atoms with E-state index in [-0.39, 0.29) is 11.6 Å². The number of nitrogens with one attached hydrogen (secondary N) is 2. The average Bonchev–Trinajstić information content (AvgIpc) is 2.88. The van der Waals surface area contributed by atoms with Crippen LogP contribution in [0.1, 0.15) is 32.1 Å². The summed E-state index contributed by atoms with van der Waals surface area (Å²) in [6.07, 6.45) is -2.57. The number of carbonyl (C=O) groups is 2. The van der Waals surface area contributed by atoms with E-state index in [1.165, 1.54) is 13.2 Å². The first-order valence-corrected chi connectivity index (χ1v) is 11.0. The highest BCUT2D eigenvalue weighted by molar-refractivity contribution is 6.03. The van der Waals surface area contributed by atoms with Crippen LogP contribution >= 0.6 is 0 Å². The van der Waals surface area contributed by atoms with E-state index in [0.29, 0.717) is 23.6 Å². The standard InChI is InChI=1S/C26H21F3N6O2/c1-14-3-4-20(34-25(37)23-11-18(13-33-35-23)26(27,28)29)12-21(14)17-7-16(8-19(30)9-17)15-5-6-32-22(10-15)24(36)31-2/h3-13H,30H2,1-2H3,(H,31,36)(H,34,37). The Morgan fingerprint density at radius 2 is 1.65 bits per heavy atom. The van der Waals surface area contributed by atoms with Gasteiger partial charge in [-0.15, -0.1) is 5.10 Å². The highest BCUT2D eigenvalue weighted by Crippen LogP contribution is 2.33. The number of nitrogens with two attached hydrogens (primary N) is 1. The molecule has 0 spiro atoms. The molecule has 0 saturated heterocycles. The minimum atomic E-state index is -4.65. The number of nitrogens with zero attached hydrogens (tertiary/aromatic N) is 3. The maximum absolute atomic E-state index is 13.0. The van der Waals surface area contributed by atoms with Crippen LogP contribution in [0, 0.1) is 6.92 Å². The molecule has 0 aliphatic heterocycles. The summed E-state index contributed by atoms with van der Waals surface area (Å²) >= 11 is 0. The van der Waals surface area contributed by atoms with Gasteiger partial charge < -0.3 is 16.4 Å². The minimum Gasteiger partial charge on any atom is -0.399 e. The van der Waals surface area contributed by atoms with Gasteiger partial charge in [-0.3, -0.25) is 14.6 Å². The number of rotatable bonds is 5. The van der Waals surface area contributed by atoms with Gasteiger partial charge in [0.15, 0.2) is 5.69 Å². The monoisotopic (exact) mass is 506 g/mol. The van der Waals surface area contributed by atoms with Crippen molar-refractivity contribution in [2.24, 2.45) is 0 Å². The van der Waals surface area contributed by atoms with Crippen LogP contribution in [0.4, 0.5) is 24.5 Å². The van der Waals surface area contributed by atoms with Gasteiger partial charge in [0, 0.05) is 24.6 Å². The van der Waals surface area contributed by atoms with Crippen LogP contribution < -0.4 is 16.4 Å². The van der Waals surface area contributed by atoms with E-state index in [0.717, 1.165) is 27.8 Å². The molecule has 0 bridgehead atoms. The number of hydrogen-bond donors (Lipinski definition) is 3. The number of pyridine rings is 1. The molecule has 4 N–H and O–H groups in total. The normalized spacial score (nSPS) is 11.2. The topological polar surface area (TPSA) is 123 Å². The van der Waals surface area contributed by atoms with Crippen LogP contribution in [-0.4, -0.2) is 34.0 Å². The van der Waals surface area contributed by atoms with Crippen molar-refractivity contribution in [2.75, 3.05) is 18.1 Å². The van der Waals surface area contributed by atoms with Gasteiger partial charge in [0.25, 0.3) is 11.8 Å². The zero-order chi connectivity index (χ0) is 26.7. The molecule has 11 heteroatoms. The lowest BCUT2D eigenvalue weighted by Gasteiger charge is -2.13. The Labute approximate surface area is 209 Å². The molecule has 4 aromatic rings. The molecule has 37 heavy (non-hydrogen) atoms. The average molecular weight is 506 g/mol. The third kappa shape index (κ3) is 5.72. The molecule has 2 heterocycles. The first-order valence-electron chi connectivity index (χ1n) is 11.0. The predicted molar refractivity (Wildman–Crippen MR) is 133 cm³/mol. The zero-order valence-electron chi connectivity index (χ0n) is 19.7. The fourth-order valence-electron chi connectivity index (χ4n) is 3.67. The zero-order valence-corrected chi connectivity index (χ0v) is 19.7. The van der Waals surface area contributed by atoms with Crippen LogP contribution in [-0.2, 0) is 6.18 Å². The summed E-state index contributed by atoms with van der Waals surface area (Å²) < 4.78 is 38.9. The molecular weight excluding hydrogens is 485 g/mol. The second-order valence-corrected chi connectivity index (χ2v) is 8.16. The third-order valence-electron chi connectivity index (χ3n) is 5.53. The summed E-state index contributed by atoms with van der Waals surface area (Å²) in [4.78, 5) is 28.7. The highest BCUT2D eigenvalue weighted by atomic mass is 19.4. The quantitative estimate of drug-likeness (QED) is 0.337. The Balaban J connectivity index is 1.67. The second-order valence-electron chi connectivity index (χ2n) is 8.16. The number of hydrogen-bond acceptors (Lipinski definition) is 6. The molecule has 0 fully saturated rings. The van der Waals surface area contributed by atoms with Crippen LogP contribution in [0.2, 0.25) is 0 Å². The van der Waals surface area contributed by atoms with Gasteiger partial charge in [0.05, 0.1) is 11.8 Å². The Hall–Kier alpha value is -4.80. The summed E-state index contributed by atoms with van der Waals surface area (Å²) in [5, 5.41) is 11.9. The van der Waals surface area contributed by atoms with E-state index in [1.807, 2.05) is 13.0 Å². The summed E-state index contributed by atoms with van der Waals surface area (Å²) in [6, 6.07) is 14.5. The number of nitrogen functional groups attached to an aromatic ring is 1. The molecule has 0 aliphatic rings. The fourth-order valence-corrected chi connectivity index (χ4v) is 3.67. The molecule has 0 unspecified atom stereocenters. The van der Waals surface area contributed by atoms with Gasteiger partial charge >= 0.3 is 6.18 Å². The van der Waals surface area contributed by atoms with Crippen LogP contribution in [0.25, 0.3) is 22.3 Å². The van der Waals surface area contributed by atoms with Gasteiger partial charge in [0.1, 0.15) is 5.69 Å². The van der Waals surface area contributed by atoms with Crippen molar-refractivity contribution in [3.63, 3.8) is 0 Å². The predicted octanol–water partition coefficient (Wildman–Crippen LogP) is 4.73. The number of amides is 2. The number of benzene rings is 2. The van der Waals surface area contributed by atoms with Gasteiger partial charge in [0.2, 0.25) is 0 Å². The van der Waals surface area contributed by atoms with Gasteiger partial charge in [-0.05, 0) is 83.3 Å². The molecule has 0 saturated carbocycles. The Morgan fingerprint density at radius 1 is 0.892 bits per heavy atom. The SMILES string of the molecule is CNC(=O)c1cc(-c2cc(N)cc(-c3cc(NC(=O)c4cc(C(F)(F)F)cnn4)ccc3C)c2)ccn1. The maximum atomic E-state index is 13.0. The summed E-state index contributed by atoms with van der Waals surface area (Å²) in [5.74, 6) is -1.16. The largest absolute Gasteiger partial charge is 0.418 e. The highest BCUT2D eigenvalue weighted by Gasteiger charge is 2.32. The molecule has 0 aliphatic carbocycles. The van der Waals surface area contributed by atoms with E-state index in [9.17, 15) is 22.8 Å². The van der Waals surface area contributed by atoms with E-state index in [4.69, 9.17) is 5.73 Å². The Morgan fingerprint density at radius 3 is 2.38 bits per heavy atom. The number of aryl methyl sites for hydroxylation is 1. The van der Waals surface area contributed by atoms with E-state index < -0.39 is 23.3 Å². The molecule has 0 radical (unpaired) electrons. The van der Waals surface area contributed by atoms with Crippen molar-refractivity contribution < 1.29 is 22.8 Å². The van der Waals surface area contributed by atoms with E-state index in [1.54, 1.807) is 42.5 Å². The van der Waals surface area contributed by atoms with Crippen molar-refractivity contribution in [3.05, 3.63) is 89.5 Å². The molecular formula is C26H21F3N6O2. The number of anilines is 2. The second kappa shape index (κ2) is 10.1. The molecule has 2 amide bonds. The smallest absolute Gasteiger partial charge is 0.399 e. The van der Waals surface area contributed by atoms with Crippen LogP contribution in [0.3, 0.4) is 0 Å². The maximum Gasteiger partial charge on any atom is 0.418 e. The van der Waals surface area contributed by atoms with E-state index >= 15 is 0 Å². The third-order valence-corrected chi connectivity index (χ3v) is 5.53. The molecule has 2 aromatic carbocycles. The molecule has 188 valence electrons. The first kappa shape index (κ1) is 25.3. The lowest BCUT2D eigenvalue weighted by molar-refractivity contribution is -0.137. The van der Waals surface area contributed by atoms with Crippen molar-refractivity contribution in [3.8, 4) is 22.3 Å². The summed E-state index contributed by atoms with van der Waals surface area (Å²) in [5.41, 5.74) is 9.54. The Kier molecular flexibility index (Phi) is 6.87. The van der Waals surface area contributed by atoms with E-state index in [2.05, 4.69) is 25.8 Å². The van der Waals surface area contributed by atoms with Crippen molar-refractivity contribution in [1.82, 2.24) is 20.5 Å². The number of carbonyl (C=O) groups excluding carboxylic acids is 2. The molecule has 8 nitrogen and oxygen atoms in total. The first-order chi connectivity index (χ1) is 17.5. The van der Waals surface area contributed by atoms with Crippen molar-refractivity contribution in [2.45, 2.75) is 13.1 Å². The lowest BCUT2D eigenvalue weighted by Crippen LogP contribution is -2.19. The summed E-state index contributed by atoms with van der Waals surface area (Å²) in [7, 11) is 1.52. The summed E-state index contributed by atoms with van der Waals surface area (Å²) in [6.45, 7) is 1.87. The van der Waals surface area contributed by atoms with Crippen LogP contribution in [0.5, 0.6) is 0 Å². The van der Waals surface area contributed by atoms with Gasteiger partial charge in [-0.25, -0.2) is 0 Å². The van der Waals surface area contributed by atoms with Crippen molar-refractivity contribution >= 4 is 23.2 Å². The van der Waals surface area contributed by atoms with Gasteiger partial charge in [-0.1, -0.05) is 6.07 Å². The van der Waals surface area contributed by atoms with Crippen LogP contribution in [0.15, 0.2) is 67.0 Å². The Bertz CT molecular complexity index is 1500. The van der Waals surface area contributed by atoms with Gasteiger partial charge in [-0.2, -0.15) is 18.3 Å². The number of alkyl halides is 3. The fraction of sp³-hybridized carbons (Fsp3) is 0.115.